The Bertz CT molecular complexity index is 307. The van der Waals surface area contributed by atoms with Crippen molar-refractivity contribution in [2.24, 2.45) is 0 Å². The van der Waals surface area contributed by atoms with E-state index in [0.717, 1.165) is 23.0 Å². The number of hydrogen-bond donors (Lipinski definition) is 0. The van der Waals surface area contributed by atoms with Gasteiger partial charge in [0.2, 0.25) is 0 Å². The van der Waals surface area contributed by atoms with E-state index in [1.54, 1.807) is 11.8 Å². The van der Waals surface area contributed by atoms with Gasteiger partial charge in [0, 0.05) is 5.75 Å². The van der Waals surface area contributed by atoms with Gasteiger partial charge in [-0.3, -0.25) is 4.79 Å². The zero-order valence-corrected chi connectivity index (χ0v) is 9.93. The van der Waals surface area contributed by atoms with E-state index in [9.17, 15) is 4.79 Å². The van der Waals surface area contributed by atoms with Crippen molar-refractivity contribution in [3.05, 3.63) is 23.7 Å². The summed E-state index contributed by atoms with van der Waals surface area (Å²) in [5.41, 5.74) is 0. The molecule has 15 heavy (non-hydrogen) atoms. The Morgan fingerprint density at radius 1 is 1.53 bits per heavy atom. The molecule has 84 valence electrons. The summed E-state index contributed by atoms with van der Waals surface area (Å²) in [6, 6.07) is 3.91. The summed E-state index contributed by atoms with van der Waals surface area (Å²) in [5.74, 6) is 3.35. The molecule has 4 heteroatoms. The molecule has 0 aromatic carbocycles. The Balaban J connectivity index is 2.09. The van der Waals surface area contributed by atoms with Crippen molar-refractivity contribution in [1.82, 2.24) is 0 Å². The van der Waals surface area contributed by atoms with Gasteiger partial charge in [-0.2, -0.15) is 11.8 Å². The molecule has 0 bridgehead atoms. The minimum Gasteiger partial charge on any atom is -0.466 e. The van der Waals surface area contributed by atoms with Crippen molar-refractivity contribution in [3.63, 3.8) is 0 Å². The first-order valence-electron chi connectivity index (χ1n) is 5.01. The molecule has 0 aliphatic rings. The Hall–Kier alpha value is -0.900. The van der Waals surface area contributed by atoms with Crippen LogP contribution in [0.4, 0.5) is 0 Å². The molecule has 0 fully saturated rings. The van der Waals surface area contributed by atoms with E-state index in [0.29, 0.717) is 13.0 Å². The highest BCUT2D eigenvalue weighted by atomic mass is 32.2. The zero-order valence-electron chi connectivity index (χ0n) is 9.12. The van der Waals surface area contributed by atoms with Gasteiger partial charge >= 0.3 is 5.97 Å². The summed E-state index contributed by atoms with van der Waals surface area (Å²) in [5, 5.41) is 0. The largest absolute Gasteiger partial charge is 0.466 e. The highest BCUT2D eigenvalue weighted by molar-refractivity contribution is 7.98. The second kappa shape index (κ2) is 6.56. The highest BCUT2D eigenvalue weighted by Gasteiger charge is 2.02. The maximum Gasteiger partial charge on any atom is 0.306 e. The van der Waals surface area contributed by atoms with E-state index < -0.39 is 0 Å². The first-order chi connectivity index (χ1) is 7.22. The first-order valence-corrected chi connectivity index (χ1v) is 6.16. The topological polar surface area (TPSA) is 39.4 Å². The predicted octanol–water partition coefficient (Wildman–Crippen LogP) is 2.77. The highest BCUT2D eigenvalue weighted by Crippen LogP contribution is 2.15. The maximum absolute atomic E-state index is 11.0. The van der Waals surface area contributed by atoms with E-state index in [-0.39, 0.29) is 5.97 Å². The minimum absolute atomic E-state index is 0.124. The molecule has 0 N–H and O–H groups in total. The van der Waals surface area contributed by atoms with Gasteiger partial charge < -0.3 is 9.15 Å². The number of thioether (sulfide) groups is 1. The fourth-order valence-corrected chi connectivity index (χ4v) is 1.94. The van der Waals surface area contributed by atoms with Crippen LogP contribution in [0, 0.1) is 6.92 Å². The fraction of sp³-hybridized carbons (Fsp3) is 0.545. The molecule has 0 atom stereocenters. The van der Waals surface area contributed by atoms with Crippen LogP contribution in [0.25, 0.3) is 0 Å². The standard InChI is InChI=1S/C11H16O3S/c1-3-13-11(12)6-7-15-8-10-5-4-9(2)14-10/h4-5H,3,6-8H2,1-2H3. The van der Waals surface area contributed by atoms with Crippen molar-refractivity contribution in [3.8, 4) is 0 Å². The Morgan fingerprint density at radius 3 is 2.93 bits per heavy atom. The van der Waals surface area contributed by atoms with Gasteiger partial charge in [-0.1, -0.05) is 0 Å². The number of ether oxygens (including phenoxy) is 1. The van der Waals surface area contributed by atoms with Gasteiger partial charge in [-0.15, -0.1) is 0 Å². The molecule has 1 heterocycles. The molecular weight excluding hydrogens is 212 g/mol. The van der Waals surface area contributed by atoms with Gasteiger partial charge in [0.25, 0.3) is 0 Å². The number of rotatable bonds is 6. The van der Waals surface area contributed by atoms with Crippen LogP contribution in [-0.2, 0) is 15.3 Å². The van der Waals surface area contributed by atoms with Crippen molar-refractivity contribution < 1.29 is 13.9 Å². The van der Waals surface area contributed by atoms with Gasteiger partial charge in [-0.25, -0.2) is 0 Å². The summed E-state index contributed by atoms with van der Waals surface area (Å²) in [4.78, 5) is 11.0. The van der Waals surface area contributed by atoms with Crippen LogP contribution in [0.5, 0.6) is 0 Å². The summed E-state index contributed by atoms with van der Waals surface area (Å²) in [6.45, 7) is 4.20. The molecule has 0 amide bonds. The zero-order chi connectivity index (χ0) is 11.1. The van der Waals surface area contributed by atoms with Gasteiger partial charge in [-0.05, 0) is 26.0 Å². The molecule has 0 saturated heterocycles. The first kappa shape index (κ1) is 12.2. The quantitative estimate of drug-likeness (QED) is 0.554. The van der Waals surface area contributed by atoms with Crippen LogP contribution in [0.1, 0.15) is 24.9 Å². The van der Waals surface area contributed by atoms with E-state index in [4.69, 9.17) is 9.15 Å². The normalized spacial score (nSPS) is 10.3. The molecule has 3 nitrogen and oxygen atoms in total. The maximum atomic E-state index is 11.0. The second-order valence-corrected chi connectivity index (χ2v) is 4.23. The minimum atomic E-state index is -0.124. The van der Waals surface area contributed by atoms with Crippen LogP contribution in [0.2, 0.25) is 0 Å². The molecule has 1 aromatic heterocycles. The number of hydrogen-bond acceptors (Lipinski definition) is 4. The summed E-state index contributed by atoms with van der Waals surface area (Å²) >= 11 is 1.68. The van der Waals surface area contributed by atoms with Crippen molar-refractivity contribution in [2.75, 3.05) is 12.4 Å². The van der Waals surface area contributed by atoms with Crippen molar-refractivity contribution in [2.45, 2.75) is 26.0 Å². The van der Waals surface area contributed by atoms with Crippen LogP contribution in [-0.4, -0.2) is 18.3 Å². The average molecular weight is 228 g/mol. The van der Waals surface area contributed by atoms with E-state index in [1.165, 1.54) is 0 Å². The lowest BCUT2D eigenvalue weighted by atomic mass is 10.5. The molecule has 1 aromatic rings. The summed E-state index contributed by atoms with van der Waals surface area (Å²) in [6.07, 6.45) is 0.470. The Kier molecular flexibility index (Phi) is 5.32. The SMILES string of the molecule is CCOC(=O)CCSCc1ccc(C)o1. The van der Waals surface area contributed by atoms with Crippen LogP contribution >= 0.6 is 11.8 Å². The monoisotopic (exact) mass is 228 g/mol. The molecule has 0 aliphatic heterocycles. The Morgan fingerprint density at radius 2 is 2.33 bits per heavy atom. The molecule has 0 spiro atoms. The third kappa shape index (κ3) is 4.93. The molecule has 0 aliphatic carbocycles. The number of esters is 1. The lowest BCUT2D eigenvalue weighted by Crippen LogP contribution is -2.04. The third-order valence-electron chi connectivity index (χ3n) is 1.80. The molecule has 0 unspecified atom stereocenters. The lowest BCUT2D eigenvalue weighted by Gasteiger charge is -2.00. The third-order valence-corrected chi connectivity index (χ3v) is 2.78. The number of carbonyl (C=O) groups excluding carboxylic acids is 1. The number of aryl methyl sites for hydroxylation is 1. The van der Waals surface area contributed by atoms with E-state index in [2.05, 4.69) is 0 Å². The number of furan rings is 1. The molecule has 1 rings (SSSR count). The van der Waals surface area contributed by atoms with E-state index in [1.807, 2.05) is 26.0 Å². The van der Waals surface area contributed by atoms with Crippen molar-refractivity contribution in [1.29, 1.82) is 0 Å². The van der Waals surface area contributed by atoms with Crippen LogP contribution in [0.15, 0.2) is 16.5 Å². The smallest absolute Gasteiger partial charge is 0.306 e. The Labute approximate surface area is 94.2 Å². The predicted molar refractivity (Wildman–Crippen MR) is 60.9 cm³/mol. The lowest BCUT2D eigenvalue weighted by molar-refractivity contribution is -0.142. The van der Waals surface area contributed by atoms with Gasteiger partial charge in [0.05, 0.1) is 18.8 Å². The number of carbonyl (C=O) groups is 1. The van der Waals surface area contributed by atoms with Gasteiger partial charge in [0.15, 0.2) is 0 Å². The average Bonchev–Trinajstić information content (AvgIpc) is 2.60. The molecular formula is C11H16O3S. The van der Waals surface area contributed by atoms with Crippen molar-refractivity contribution >= 4 is 17.7 Å². The summed E-state index contributed by atoms with van der Waals surface area (Å²) in [7, 11) is 0. The van der Waals surface area contributed by atoms with E-state index >= 15 is 0 Å². The molecule has 0 saturated carbocycles. The molecule has 0 radical (unpaired) electrons. The second-order valence-electron chi connectivity index (χ2n) is 3.12. The summed E-state index contributed by atoms with van der Waals surface area (Å²) < 4.78 is 10.2. The van der Waals surface area contributed by atoms with Crippen LogP contribution in [0.3, 0.4) is 0 Å². The van der Waals surface area contributed by atoms with Gasteiger partial charge in [0.1, 0.15) is 11.5 Å². The fourth-order valence-electron chi connectivity index (χ4n) is 1.12. The van der Waals surface area contributed by atoms with Crippen LogP contribution < -0.4 is 0 Å².